The molecule has 1 aromatic carbocycles. The van der Waals surface area contributed by atoms with Crippen molar-refractivity contribution in [2.24, 2.45) is 0 Å². The third-order valence-electron chi connectivity index (χ3n) is 1.88. The van der Waals surface area contributed by atoms with Crippen molar-refractivity contribution in [2.75, 3.05) is 0 Å². The van der Waals surface area contributed by atoms with Crippen LogP contribution in [0, 0.1) is 5.82 Å². The van der Waals surface area contributed by atoms with Crippen molar-refractivity contribution in [3.05, 3.63) is 35.6 Å². The minimum atomic E-state index is -1.35. The van der Waals surface area contributed by atoms with Crippen LogP contribution in [0.1, 0.15) is 19.4 Å². The van der Waals surface area contributed by atoms with Gasteiger partial charge in [-0.05, 0) is 31.5 Å². The van der Waals surface area contributed by atoms with Gasteiger partial charge in [-0.15, -0.1) is 0 Å². The molecule has 1 aromatic rings. The Morgan fingerprint density at radius 1 is 1.36 bits per heavy atom. The van der Waals surface area contributed by atoms with E-state index in [1.54, 1.807) is 13.8 Å². The molecule has 0 heterocycles. The second-order valence-electron chi connectivity index (χ2n) is 3.39. The first kappa shape index (κ1) is 10.5. The lowest BCUT2D eigenvalue weighted by atomic mass is 9.98. The summed E-state index contributed by atoms with van der Waals surface area (Å²) in [4.78, 5) is 10.4. The lowest BCUT2D eigenvalue weighted by Crippen LogP contribution is -2.24. The molecule has 0 amide bonds. The molecule has 1 N–H and O–H groups in total. The van der Waals surface area contributed by atoms with Crippen molar-refractivity contribution in [3.63, 3.8) is 0 Å². The Morgan fingerprint density at radius 2 is 1.86 bits per heavy atom. The highest BCUT2D eigenvalue weighted by molar-refractivity contribution is 5.58. The number of benzene rings is 1. The molecular weight excluding hydrogens is 187 g/mol. The molecule has 14 heavy (non-hydrogen) atoms. The molecule has 0 radical (unpaired) electrons. The van der Waals surface area contributed by atoms with Crippen LogP contribution in [-0.2, 0) is 10.3 Å². The van der Waals surface area contributed by atoms with Gasteiger partial charge in [0.05, 0.1) is 0 Å². The molecule has 0 atom stereocenters. The van der Waals surface area contributed by atoms with Gasteiger partial charge in [0.1, 0.15) is 11.4 Å². The summed E-state index contributed by atoms with van der Waals surface area (Å²) in [5, 5.41) is 8.47. The molecule has 0 aromatic heterocycles. The minimum absolute atomic E-state index is 0.361. The number of rotatable bonds is 2. The first-order valence-corrected chi connectivity index (χ1v) is 4.10. The molecule has 76 valence electrons. The minimum Gasteiger partial charge on any atom is -0.450 e. The summed E-state index contributed by atoms with van der Waals surface area (Å²) in [6.45, 7) is 3.21. The van der Waals surface area contributed by atoms with Crippen LogP contribution in [0.15, 0.2) is 24.3 Å². The van der Waals surface area contributed by atoms with Crippen LogP contribution in [0.4, 0.5) is 9.18 Å². The molecule has 0 aliphatic rings. The molecular formula is C10H11FO3. The van der Waals surface area contributed by atoms with Gasteiger partial charge in [-0.25, -0.2) is 9.18 Å². The molecule has 0 fully saturated rings. The zero-order valence-corrected chi connectivity index (χ0v) is 7.95. The summed E-state index contributed by atoms with van der Waals surface area (Å²) in [6, 6.07) is 5.53. The standard InChI is InChI=1S/C10H11FO3/c1-10(2,14-9(12)13)7-3-5-8(11)6-4-7/h3-6H,1-2H3,(H,12,13). The summed E-state index contributed by atoms with van der Waals surface area (Å²) in [5.74, 6) is -0.361. The number of carboxylic acid groups (broad SMARTS) is 1. The van der Waals surface area contributed by atoms with Gasteiger partial charge < -0.3 is 9.84 Å². The zero-order chi connectivity index (χ0) is 10.8. The summed E-state index contributed by atoms with van der Waals surface area (Å²) in [5.41, 5.74) is -0.346. The number of halogens is 1. The fourth-order valence-corrected chi connectivity index (χ4v) is 1.13. The molecule has 0 bridgehead atoms. The maximum Gasteiger partial charge on any atom is 0.506 e. The van der Waals surface area contributed by atoms with Gasteiger partial charge in [-0.2, -0.15) is 0 Å². The molecule has 0 saturated carbocycles. The maximum absolute atomic E-state index is 12.6. The largest absolute Gasteiger partial charge is 0.506 e. The maximum atomic E-state index is 12.6. The van der Waals surface area contributed by atoms with Crippen molar-refractivity contribution < 1.29 is 19.0 Å². The van der Waals surface area contributed by atoms with E-state index in [2.05, 4.69) is 4.74 Å². The van der Waals surface area contributed by atoms with Gasteiger partial charge >= 0.3 is 6.16 Å². The topological polar surface area (TPSA) is 46.5 Å². The Hall–Kier alpha value is -1.58. The van der Waals surface area contributed by atoms with Crippen LogP contribution >= 0.6 is 0 Å². The van der Waals surface area contributed by atoms with Gasteiger partial charge in [0.15, 0.2) is 0 Å². The van der Waals surface area contributed by atoms with Crippen molar-refractivity contribution >= 4 is 6.16 Å². The number of ether oxygens (including phenoxy) is 1. The average Bonchev–Trinajstić information content (AvgIpc) is 2.02. The van der Waals surface area contributed by atoms with Crippen molar-refractivity contribution in [1.29, 1.82) is 0 Å². The predicted molar refractivity (Wildman–Crippen MR) is 48.5 cm³/mol. The Balaban J connectivity index is 2.91. The van der Waals surface area contributed by atoms with E-state index in [4.69, 9.17) is 5.11 Å². The highest BCUT2D eigenvalue weighted by Gasteiger charge is 2.24. The SMILES string of the molecule is CC(C)(OC(=O)O)c1ccc(F)cc1. The second-order valence-corrected chi connectivity index (χ2v) is 3.39. The third-order valence-corrected chi connectivity index (χ3v) is 1.88. The Bertz CT molecular complexity index is 330. The van der Waals surface area contributed by atoms with Crippen LogP contribution in [0.5, 0.6) is 0 Å². The molecule has 3 nitrogen and oxygen atoms in total. The zero-order valence-electron chi connectivity index (χ0n) is 7.95. The molecule has 1 rings (SSSR count). The van der Waals surface area contributed by atoms with E-state index in [-0.39, 0.29) is 5.82 Å². The summed E-state index contributed by atoms with van der Waals surface area (Å²) in [7, 11) is 0. The van der Waals surface area contributed by atoms with Gasteiger partial charge in [0.2, 0.25) is 0 Å². The molecule has 4 heteroatoms. The highest BCUT2D eigenvalue weighted by atomic mass is 19.1. The number of hydrogen-bond acceptors (Lipinski definition) is 2. The Labute approximate surface area is 81.1 Å². The summed E-state index contributed by atoms with van der Waals surface area (Å²) < 4.78 is 17.2. The number of carbonyl (C=O) groups is 1. The predicted octanol–water partition coefficient (Wildman–Crippen LogP) is 2.76. The average molecular weight is 198 g/mol. The normalized spacial score (nSPS) is 11.1. The van der Waals surface area contributed by atoms with Gasteiger partial charge in [0, 0.05) is 0 Å². The highest BCUT2D eigenvalue weighted by Crippen LogP contribution is 2.24. The van der Waals surface area contributed by atoms with E-state index >= 15 is 0 Å². The Kier molecular flexibility index (Phi) is 2.74. The van der Waals surface area contributed by atoms with Crippen molar-refractivity contribution in [2.45, 2.75) is 19.4 Å². The summed E-state index contributed by atoms with van der Waals surface area (Å²) >= 11 is 0. The van der Waals surface area contributed by atoms with Crippen LogP contribution in [-0.4, -0.2) is 11.3 Å². The van der Waals surface area contributed by atoms with Gasteiger partial charge in [-0.1, -0.05) is 12.1 Å². The van der Waals surface area contributed by atoms with Crippen LogP contribution in [0.3, 0.4) is 0 Å². The van der Waals surface area contributed by atoms with E-state index in [0.29, 0.717) is 5.56 Å². The fraction of sp³-hybridized carbons (Fsp3) is 0.300. The van der Waals surface area contributed by atoms with E-state index in [1.807, 2.05) is 0 Å². The smallest absolute Gasteiger partial charge is 0.450 e. The first-order valence-electron chi connectivity index (χ1n) is 4.10. The molecule has 0 saturated heterocycles. The first-order chi connectivity index (χ1) is 6.42. The quantitative estimate of drug-likeness (QED) is 0.743. The van der Waals surface area contributed by atoms with Gasteiger partial charge in [-0.3, -0.25) is 0 Å². The van der Waals surface area contributed by atoms with Crippen LogP contribution in [0.25, 0.3) is 0 Å². The lowest BCUT2D eigenvalue weighted by molar-refractivity contribution is 0.00100. The lowest BCUT2D eigenvalue weighted by Gasteiger charge is -2.23. The monoisotopic (exact) mass is 198 g/mol. The molecule has 0 aliphatic heterocycles. The van der Waals surface area contributed by atoms with E-state index in [9.17, 15) is 9.18 Å². The van der Waals surface area contributed by atoms with Gasteiger partial charge in [0.25, 0.3) is 0 Å². The molecule has 0 unspecified atom stereocenters. The fourth-order valence-electron chi connectivity index (χ4n) is 1.13. The second kappa shape index (κ2) is 3.65. The van der Waals surface area contributed by atoms with Crippen LogP contribution < -0.4 is 0 Å². The van der Waals surface area contributed by atoms with Crippen LogP contribution in [0.2, 0.25) is 0 Å². The van der Waals surface area contributed by atoms with Crippen molar-refractivity contribution in [3.8, 4) is 0 Å². The van der Waals surface area contributed by atoms with E-state index < -0.39 is 11.8 Å². The van der Waals surface area contributed by atoms with E-state index in [1.165, 1.54) is 24.3 Å². The van der Waals surface area contributed by atoms with Crippen molar-refractivity contribution in [1.82, 2.24) is 0 Å². The molecule has 0 spiro atoms. The van der Waals surface area contributed by atoms with E-state index in [0.717, 1.165) is 0 Å². The number of hydrogen-bond donors (Lipinski definition) is 1. The Morgan fingerprint density at radius 3 is 2.29 bits per heavy atom. The molecule has 0 aliphatic carbocycles. The summed E-state index contributed by atoms with van der Waals surface area (Å²) in [6.07, 6.45) is -1.35. The third kappa shape index (κ3) is 2.45.